The maximum Gasteiger partial charge on any atom is 0.119 e. The molecule has 0 aliphatic heterocycles. The second kappa shape index (κ2) is 6.03. The monoisotopic (exact) mass is 306 g/mol. The van der Waals surface area contributed by atoms with Crippen LogP contribution in [0.1, 0.15) is 24.2 Å². The van der Waals surface area contributed by atoms with Crippen molar-refractivity contribution in [1.82, 2.24) is 0 Å². The molecule has 0 saturated heterocycles. The van der Waals surface area contributed by atoms with E-state index >= 15 is 0 Å². The molecule has 1 unspecified atom stereocenters. The van der Waals surface area contributed by atoms with Crippen LogP contribution in [0.3, 0.4) is 0 Å². The number of benzene rings is 2. The molecule has 0 bridgehead atoms. The van der Waals surface area contributed by atoms with Crippen molar-refractivity contribution in [2.24, 2.45) is 0 Å². The molecule has 2 nitrogen and oxygen atoms in total. The number of hydrogen-bond acceptors (Lipinski definition) is 2. The molecule has 2 rings (SSSR count). The quantitative estimate of drug-likeness (QED) is 0.922. The van der Waals surface area contributed by atoms with E-state index in [2.05, 4.69) is 15.9 Å². The first-order valence-electron chi connectivity index (χ1n) is 5.80. The van der Waals surface area contributed by atoms with Gasteiger partial charge in [-0.1, -0.05) is 40.2 Å². The third kappa shape index (κ3) is 3.59. The maximum absolute atomic E-state index is 9.40. The van der Waals surface area contributed by atoms with Crippen LogP contribution in [0.2, 0.25) is 0 Å². The average Bonchev–Trinajstić information content (AvgIpc) is 2.38. The van der Waals surface area contributed by atoms with Gasteiger partial charge in [0.2, 0.25) is 0 Å². The van der Waals surface area contributed by atoms with E-state index in [1.807, 2.05) is 48.5 Å². The second-order valence-corrected chi connectivity index (χ2v) is 5.08. The zero-order chi connectivity index (χ0) is 13.0. The molecule has 1 atom stereocenters. The highest BCUT2D eigenvalue weighted by Gasteiger charge is 2.01. The minimum absolute atomic E-state index is 0.439. The van der Waals surface area contributed by atoms with Gasteiger partial charge in [-0.05, 0) is 42.3 Å². The van der Waals surface area contributed by atoms with E-state index in [1.165, 1.54) is 0 Å². The normalized spacial score (nSPS) is 12.2. The lowest BCUT2D eigenvalue weighted by atomic mass is 10.1. The van der Waals surface area contributed by atoms with Gasteiger partial charge in [-0.2, -0.15) is 0 Å². The van der Waals surface area contributed by atoms with Crippen LogP contribution >= 0.6 is 15.9 Å². The van der Waals surface area contributed by atoms with E-state index in [0.29, 0.717) is 6.61 Å². The van der Waals surface area contributed by atoms with Crippen LogP contribution in [0.4, 0.5) is 0 Å². The molecule has 0 saturated carbocycles. The Morgan fingerprint density at radius 3 is 2.22 bits per heavy atom. The molecular formula is C15H15BrO2. The van der Waals surface area contributed by atoms with Gasteiger partial charge in [-0.15, -0.1) is 0 Å². The molecule has 3 heteroatoms. The van der Waals surface area contributed by atoms with Gasteiger partial charge < -0.3 is 9.84 Å². The Balaban J connectivity index is 1.95. The van der Waals surface area contributed by atoms with Crippen molar-refractivity contribution in [3.05, 3.63) is 64.1 Å². The van der Waals surface area contributed by atoms with Gasteiger partial charge in [0, 0.05) is 4.47 Å². The molecule has 94 valence electrons. The molecule has 0 amide bonds. The van der Waals surface area contributed by atoms with Crippen molar-refractivity contribution in [2.45, 2.75) is 19.6 Å². The smallest absolute Gasteiger partial charge is 0.119 e. The largest absolute Gasteiger partial charge is 0.489 e. The van der Waals surface area contributed by atoms with Crippen molar-refractivity contribution in [2.75, 3.05) is 0 Å². The lowest BCUT2D eigenvalue weighted by Crippen LogP contribution is -1.96. The standard InChI is InChI=1S/C15H15BrO2/c1-11(17)13-4-8-15(9-5-13)18-10-12-2-6-14(16)7-3-12/h2-9,11,17H,10H2,1H3. The molecule has 1 N–H and O–H groups in total. The van der Waals surface area contributed by atoms with Gasteiger partial charge in [0.15, 0.2) is 0 Å². The fourth-order valence-corrected chi connectivity index (χ4v) is 1.85. The summed E-state index contributed by atoms with van der Waals surface area (Å²) in [6.45, 7) is 2.29. The van der Waals surface area contributed by atoms with E-state index in [4.69, 9.17) is 4.74 Å². The Morgan fingerprint density at radius 1 is 1.06 bits per heavy atom. The second-order valence-electron chi connectivity index (χ2n) is 4.16. The summed E-state index contributed by atoms with van der Waals surface area (Å²) in [5.41, 5.74) is 2.02. The Kier molecular flexibility index (Phi) is 4.39. The molecule has 0 heterocycles. The summed E-state index contributed by atoms with van der Waals surface area (Å²) < 4.78 is 6.73. The van der Waals surface area contributed by atoms with E-state index in [1.54, 1.807) is 6.92 Å². The highest BCUT2D eigenvalue weighted by Crippen LogP contribution is 2.18. The lowest BCUT2D eigenvalue weighted by molar-refractivity contribution is 0.199. The topological polar surface area (TPSA) is 29.5 Å². The Labute approximate surface area is 115 Å². The van der Waals surface area contributed by atoms with Crippen LogP contribution in [0, 0.1) is 0 Å². The van der Waals surface area contributed by atoms with Crippen molar-refractivity contribution in [1.29, 1.82) is 0 Å². The number of hydrogen-bond donors (Lipinski definition) is 1. The molecule has 0 aliphatic rings. The first kappa shape index (κ1) is 13.1. The van der Waals surface area contributed by atoms with Crippen molar-refractivity contribution in [3.63, 3.8) is 0 Å². The fraction of sp³-hybridized carbons (Fsp3) is 0.200. The number of aliphatic hydroxyl groups is 1. The van der Waals surface area contributed by atoms with Crippen molar-refractivity contribution >= 4 is 15.9 Å². The van der Waals surface area contributed by atoms with Crippen LogP contribution in [0.5, 0.6) is 5.75 Å². The summed E-state index contributed by atoms with van der Waals surface area (Å²) >= 11 is 3.40. The number of rotatable bonds is 4. The molecule has 2 aromatic rings. The third-order valence-corrected chi connectivity index (χ3v) is 3.21. The van der Waals surface area contributed by atoms with E-state index in [-0.39, 0.29) is 0 Å². The van der Waals surface area contributed by atoms with Gasteiger partial charge in [0.1, 0.15) is 12.4 Å². The zero-order valence-corrected chi connectivity index (χ0v) is 11.7. The summed E-state index contributed by atoms with van der Waals surface area (Å²) in [7, 11) is 0. The van der Waals surface area contributed by atoms with Crippen LogP contribution in [0.15, 0.2) is 53.0 Å². The summed E-state index contributed by atoms with van der Waals surface area (Å²) in [4.78, 5) is 0. The average molecular weight is 307 g/mol. The zero-order valence-electron chi connectivity index (χ0n) is 10.1. The summed E-state index contributed by atoms with van der Waals surface area (Å²) in [5.74, 6) is 0.808. The van der Waals surface area contributed by atoms with Crippen LogP contribution in [-0.2, 0) is 6.61 Å². The first-order valence-corrected chi connectivity index (χ1v) is 6.60. The van der Waals surface area contributed by atoms with Gasteiger partial charge >= 0.3 is 0 Å². The van der Waals surface area contributed by atoms with Gasteiger partial charge in [0.05, 0.1) is 6.10 Å². The minimum atomic E-state index is -0.439. The van der Waals surface area contributed by atoms with Gasteiger partial charge in [-0.3, -0.25) is 0 Å². The van der Waals surface area contributed by atoms with Crippen LogP contribution in [0.25, 0.3) is 0 Å². The molecule has 18 heavy (non-hydrogen) atoms. The van der Waals surface area contributed by atoms with Gasteiger partial charge in [-0.25, -0.2) is 0 Å². The van der Waals surface area contributed by atoms with Crippen LogP contribution in [-0.4, -0.2) is 5.11 Å². The lowest BCUT2D eigenvalue weighted by Gasteiger charge is -2.08. The van der Waals surface area contributed by atoms with E-state index < -0.39 is 6.10 Å². The first-order chi connectivity index (χ1) is 8.65. The minimum Gasteiger partial charge on any atom is -0.489 e. The van der Waals surface area contributed by atoms with E-state index in [0.717, 1.165) is 21.3 Å². The highest BCUT2D eigenvalue weighted by molar-refractivity contribution is 9.10. The summed E-state index contributed by atoms with van der Waals surface area (Å²) in [6.07, 6.45) is -0.439. The third-order valence-electron chi connectivity index (χ3n) is 2.68. The predicted octanol–water partition coefficient (Wildman–Crippen LogP) is 4.08. The van der Waals surface area contributed by atoms with E-state index in [9.17, 15) is 5.11 Å². The molecule has 0 aromatic heterocycles. The molecular weight excluding hydrogens is 292 g/mol. The number of halogens is 1. The Bertz CT molecular complexity index is 489. The predicted molar refractivity (Wildman–Crippen MR) is 75.5 cm³/mol. The fourth-order valence-electron chi connectivity index (χ4n) is 1.59. The SMILES string of the molecule is CC(O)c1ccc(OCc2ccc(Br)cc2)cc1. The molecule has 0 aliphatic carbocycles. The molecule has 0 radical (unpaired) electrons. The summed E-state index contributed by atoms with van der Waals surface area (Å²) in [6, 6.07) is 15.5. The summed E-state index contributed by atoms with van der Waals surface area (Å²) in [5, 5.41) is 9.40. The highest BCUT2D eigenvalue weighted by atomic mass is 79.9. The number of ether oxygens (including phenoxy) is 1. The van der Waals surface area contributed by atoms with Gasteiger partial charge in [0.25, 0.3) is 0 Å². The Morgan fingerprint density at radius 2 is 1.67 bits per heavy atom. The number of aliphatic hydroxyl groups excluding tert-OH is 1. The van der Waals surface area contributed by atoms with Crippen molar-refractivity contribution < 1.29 is 9.84 Å². The Hall–Kier alpha value is -1.32. The molecule has 0 fully saturated rings. The van der Waals surface area contributed by atoms with Crippen molar-refractivity contribution in [3.8, 4) is 5.75 Å². The molecule has 0 spiro atoms. The maximum atomic E-state index is 9.40. The molecule has 2 aromatic carbocycles. The van der Waals surface area contributed by atoms with Crippen LogP contribution < -0.4 is 4.74 Å².